The maximum atomic E-state index is 12.6. The van der Waals surface area contributed by atoms with E-state index in [4.69, 9.17) is 0 Å². The van der Waals surface area contributed by atoms with Gasteiger partial charge in [-0.2, -0.15) is 0 Å². The number of hydrogen-bond acceptors (Lipinski definition) is 7. The van der Waals surface area contributed by atoms with Gasteiger partial charge in [-0.1, -0.05) is 24.3 Å². The van der Waals surface area contributed by atoms with Crippen LogP contribution in [0.5, 0.6) is 0 Å². The maximum absolute atomic E-state index is 12.6. The third kappa shape index (κ3) is 4.32. The highest BCUT2D eigenvalue weighted by Crippen LogP contribution is 2.30. The van der Waals surface area contributed by atoms with Gasteiger partial charge < -0.3 is 10.2 Å². The summed E-state index contributed by atoms with van der Waals surface area (Å²) in [7, 11) is -3.63. The van der Waals surface area contributed by atoms with Gasteiger partial charge in [0.1, 0.15) is 4.21 Å². The number of thiophene rings is 1. The molecule has 1 aromatic carbocycles. The molecule has 1 fully saturated rings. The molecule has 2 amide bonds. The van der Waals surface area contributed by atoms with Crippen molar-refractivity contribution in [3.05, 3.63) is 35.7 Å². The lowest BCUT2D eigenvalue weighted by atomic mass is 10.1. The second-order valence-electron chi connectivity index (χ2n) is 6.91. The van der Waals surface area contributed by atoms with E-state index in [2.05, 4.69) is 15.0 Å². The Bertz CT molecular complexity index is 1190. The van der Waals surface area contributed by atoms with Crippen molar-refractivity contribution in [1.82, 2.24) is 9.88 Å². The molecule has 3 aromatic rings. The zero-order valence-corrected chi connectivity index (χ0v) is 18.6. The highest BCUT2D eigenvalue weighted by molar-refractivity contribution is 7.94. The number of fused-ring (bicyclic) bond motifs is 1. The van der Waals surface area contributed by atoms with Crippen LogP contribution in [0, 0.1) is 5.92 Å². The van der Waals surface area contributed by atoms with Gasteiger partial charge >= 0.3 is 0 Å². The lowest BCUT2D eigenvalue weighted by Crippen LogP contribution is -2.30. The number of carbonyl (C=O) groups excluding carboxylic acids is 2. The molecule has 3 heterocycles. The molecular weight excluding hydrogens is 444 g/mol. The Morgan fingerprint density at radius 2 is 2.13 bits per heavy atom. The first-order valence-electron chi connectivity index (χ1n) is 9.41. The number of thiazole rings is 1. The van der Waals surface area contributed by atoms with Crippen LogP contribution in [-0.4, -0.2) is 43.2 Å². The molecule has 2 N–H and O–H groups in total. The van der Waals surface area contributed by atoms with Crippen LogP contribution in [0.25, 0.3) is 10.2 Å². The minimum Gasteiger partial charge on any atom is -0.342 e. The van der Waals surface area contributed by atoms with Gasteiger partial charge in [0.25, 0.3) is 10.0 Å². The Balaban J connectivity index is 1.45. The van der Waals surface area contributed by atoms with E-state index in [1.807, 2.05) is 6.92 Å². The zero-order valence-electron chi connectivity index (χ0n) is 16.1. The number of nitrogens with zero attached hydrogens (tertiary/aromatic N) is 2. The fraction of sp³-hybridized carbons (Fsp3) is 0.316. The molecule has 30 heavy (non-hydrogen) atoms. The van der Waals surface area contributed by atoms with Crippen LogP contribution in [-0.2, 0) is 19.6 Å². The summed E-state index contributed by atoms with van der Waals surface area (Å²) in [6, 6.07) is 8.28. The normalized spacial score (nSPS) is 16.7. The highest BCUT2D eigenvalue weighted by atomic mass is 32.2. The summed E-state index contributed by atoms with van der Waals surface area (Å²) in [6.45, 7) is 2.84. The summed E-state index contributed by atoms with van der Waals surface area (Å²) in [6.07, 6.45) is 1.07. The van der Waals surface area contributed by atoms with Gasteiger partial charge in [0.2, 0.25) is 11.8 Å². The largest absolute Gasteiger partial charge is 0.342 e. The first-order valence-corrected chi connectivity index (χ1v) is 12.6. The van der Waals surface area contributed by atoms with E-state index in [0.717, 1.165) is 16.0 Å². The molecule has 11 heteroatoms. The SMILES string of the molecule is CCC(=O)N1CCC(C(=O)Nc2nc3ccc(NS(=O)(=O)c4cccs4)cc3s2)C1. The zero-order chi connectivity index (χ0) is 21.3. The van der Waals surface area contributed by atoms with Crippen LogP contribution in [0.3, 0.4) is 0 Å². The molecule has 1 unspecified atom stereocenters. The summed E-state index contributed by atoms with van der Waals surface area (Å²) in [5.74, 6) is -0.345. The van der Waals surface area contributed by atoms with Gasteiger partial charge in [-0.05, 0) is 36.1 Å². The molecule has 1 aliphatic heterocycles. The van der Waals surface area contributed by atoms with Crippen LogP contribution >= 0.6 is 22.7 Å². The standard InChI is InChI=1S/C19H20N4O4S3/c1-2-16(24)23-8-7-12(11-23)18(25)21-19-20-14-6-5-13(10-15(14)29-19)22-30(26,27)17-4-3-9-28-17/h3-6,9-10,12,22H,2,7-8,11H2,1H3,(H,20,21,25). The predicted octanol–water partition coefficient (Wildman–Crippen LogP) is 3.36. The van der Waals surface area contributed by atoms with E-state index in [0.29, 0.717) is 42.3 Å². The van der Waals surface area contributed by atoms with Crippen molar-refractivity contribution in [3.63, 3.8) is 0 Å². The quantitative estimate of drug-likeness (QED) is 0.582. The molecule has 1 atom stereocenters. The van der Waals surface area contributed by atoms with E-state index >= 15 is 0 Å². The number of sulfonamides is 1. The second kappa shape index (κ2) is 8.32. The minimum absolute atomic E-state index is 0.0582. The second-order valence-corrected chi connectivity index (χ2v) is 10.8. The molecule has 0 aliphatic carbocycles. The molecule has 2 aromatic heterocycles. The number of aromatic nitrogens is 1. The summed E-state index contributed by atoms with van der Waals surface area (Å²) >= 11 is 2.42. The average Bonchev–Trinajstić information content (AvgIpc) is 3.46. The van der Waals surface area contributed by atoms with E-state index in [-0.39, 0.29) is 21.9 Å². The Labute approximate surface area is 182 Å². The molecule has 0 bridgehead atoms. The molecule has 0 radical (unpaired) electrons. The number of anilines is 2. The number of benzene rings is 1. The first kappa shape index (κ1) is 20.8. The number of hydrogen-bond donors (Lipinski definition) is 2. The Morgan fingerprint density at radius 3 is 2.87 bits per heavy atom. The molecule has 0 saturated carbocycles. The molecule has 0 spiro atoms. The molecule has 158 valence electrons. The van der Waals surface area contributed by atoms with Crippen LogP contribution in [0.15, 0.2) is 39.9 Å². The van der Waals surface area contributed by atoms with Gasteiger partial charge in [-0.25, -0.2) is 13.4 Å². The third-order valence-electron chi connectivity index (χ3n) is 4.84. The van der Waals surface area contributed by atoms with Crippen molar-refractivity contribution in [2.45, 2.75) is 24.0 Å². The lowest BCUT2D eigenvalue weighted by molar-refractivity contribution is -0.130. The van der Waals surface area contributed by atoms with E-state index in [1.165, 1.54) is 11.3 Å². The van der Waals surface area contributed by atoms with Crippen molar-refractivity contribution < 1.29 is 18.0 Å². The van der Waals surface area contributed by atoms with Crippen molar-refractivity contribution in [2.75, 3.05) is 23.1 Å². The van der Waals surface area contributed by atoms with Gasteiger partial charge in [0.15, 0.2) is 5.13 Å². The van der Waals surface area contributed by atoms with Crippen LogP contribution < -0.4 is 10.0 Å². The monoisotopic (exact) mass is 464 g/mol. The Morgan fingerprint density at radius 1 is 1.30 bits per heavy atom. The number of amides is 2. The number of carbonyl (C=O) groups is 2. The highest BCUT2D eigenvalue weighted by Gasteiger charge is 2.30. The van der Waals surface area contributed by atoms with Gasteiger partial charge in [-0.3, -0.25) is 14.3 Å². The van der Waals surface area contributed by atoms with Gasteiger partial charge in [0.05, 0.1) is 21.8 Å². The van der Waals surface area contributed by atoms with Crippen LogP contribution in [0.2, 0.25) is 0 Å². The fourth-order valence-electron chi connectivity index (χ4n) is 3.30. The van der Waals surface area contributed by atoms with Crippen molar-refractivity contribution >= 4 is 65.5 Å². The van der Waals surface area contributed by atoms with Gasteiger partial charge in [-0.15, -0.1) is 11.3 Å². The van der Waals surface area contributed by atoms with Crippen molar-refractivity contribution in [2.24, 2.45) is 5.92 Å². The minimum atomic E-state index is -3.63. The molecule has 1 aliphatic rings. The smallest absolute Gasteiger partial charge is 0.271 e. The third-order valence-corrected chi connectivity index (χ3v) is 8.56. The summed E-state index contributed by atoms with van der Waals surface area (Å²) in [5.41, 5.74) is 1.10. The number of likely N-dealkylation sites (tertiary alicyclic amines) is 1. The first-order chi connectivity index (χ1) is 14.4. The van der Waals surface area contributed by atoms with E-state index < -0.39 is 10.0 Å². The van der Waals surface area contributed by atoms with Crippen molar-refractivity contribution in [1.29, 1.82) is 0 Å². The summed E-state index contributed by atoms with van der Waals surface area (Å²) in [5, 5.41) is 4.99. The van der Waals surface area contributed by atoms with E-state index in [1.54, 1.807) is 40.6 Å². The van der Waals surface area contributed by atoms with Crippen molar-refractivity contribution in [3.8, 4) is 0 Å². The fourth-order valence-corrected chi connectivity index (χ4v) is 6.25. The van der Waals surface area contributed by atoms with Gasteiger partial charge in [0, 0.05) is 19.5 Å². The molecular formula is C19H20N4O4S3. The van der Waals surface area contributed by atoms with E-state index in [9.17, 15) is 18.0 Å². The Kier molecular flexibility index (Phi) is 5.76. The molecule has 4 rings (SSSR count). The molecule has 1 saturated heterocycles. The van der Waals surface area contributed by atoms with Crippen LogP contribution in [0.4, 0.5) is 10.8 Å². The number of nitrogens with one attached hydrogen (secondary N) is 2. The summed E-state index contributed by atoms with van der Waals surface area (Å²) in [4.78, 5) is 30.5. The maximum Gasteiger partial charge on any atom is 0.271 e. The predicted molar refractivity (Wildman–Crippen MR) is 118 cm³/mol. The molecule has 8 nitrogen and oxygen atoms in total. The Hall–Kier alpha value is -2.50. The van der Waals surface area contributed by atoms with Crippen LogP contribution in [0.1, 0.15) is 19.8 Å². The summed E-state index contributed by atoms with van der Waals surface area (Å²) < 4.78 is 28.4. The number of rotatable bonds is 6. The lowest BCUT2D eigenvalue weighted by Gasteiger charge is -2.14. The average molecular weight is 465 g/mol. The topological polar surface area (TPSA) is 108 Å².